The summed E-state index contributed by atoms with van der Waals surface area (Å²) in [6.45, 7) is 0. The first-order valence-electron chi connectivity index (χ1n) is 5.01. The van der Waals surface area contributed by atoms with Crippen LogP contribution < -0.4 is 11.2 Å². The van der Waals surface area contributed by atoms with Crippen molar-refractivity contribution in [1.82, 2.24) is 14.3 Å². The number of benzene rings is 1. The Labute approximate surface area is 101 Å². The topological polar surface area (TPSA) is 94.2 Å². The highest BCUT2D eigenvalue weighted by atomic mass is 16.4. The molecular weight excluding hydrogens is 238 g/mol. The lowest BCUT2D eigenvalue weighted by Crippen LogP contribution is -2.42. The number of carboxylic acid groups (broad SMARTS) is 1. The number of para-hydroxylation sites is 1. The zero-order chi connectivity index (χ0) is 13.3. The summed E-state index contributed by atoms with van der Waals surface area (Å²) in [5, 5.41) is 12.4. The molecular formula is C11H9N3O4. The summed E-state index contributed by atoms with van der Waals surface area (Å²) in [4.78, 5) is 34.2. The van der Waals surface area contributed by atoms with Crippen molar-refractivity contribution >= 4 is 5.97 Å². The third-order valence-electron chi connectivity index (χ3n) is 2.38. The van der Waals surface area contributed by atoms with Crippen LogP contribution in [0.15, 0.2) is 39.9 Å². The van der Waals surface area contributed by atoms with Crippen LogP contribution in [-0.2, 0) is 7.05 Å². The Morgan fingerprint density at radius 2 is 1.83 bits per heavy atom. The molecule has 0 bridgehead atoms. The summed E-state index contributed by atoms with van der Waals surface area (Å²) in [5.74, 6) is -1.47. The van der Waals surface area contributed by atoms with Crippen LogP contribution in [0.25, 0.3) is 5.69 Å². The van der Waals surface area contributed by atoms with Gasteiger partial charge in [-0.05, 0) is 12.1 Å². The Morgan fingerprint density at radius 3 is 2.39 bits per heavy atom. The summed E-state index contributed by atoms with van der Waals surface area (Å²) in [6.07, 6.45) is 0. The largest absolute Gasteiger partial charge is 0.476 e. The summed E-state index contributed by atoms with van der Waals surface area (Å²) >= 11 is 0. The number of aromatic nitrogens is 3. The molecule has 0 saturated carbocycles. The van der Waals surface area contributed by atoms with Gasteiger partial charge in [-0.15, -0.1) is 0 Å². The van der Waals surface area contributed by atoms with E-state index in [1.54, 1.807) is 30.3 Å². The second-order valence-corrected chi connectivity index (χ2v) is 3.55. The third-order valence-corrected chi connectivity index (χ3v) is 2.38. The predicted molar refractivity (Wildman–Crippen MR) is 62.0 cm³/mol. The molecule has 0 aliphatic rings. The molecule has 92 valence electrons. The van der Waals surface area contributed by atoms with Gasteiger partial charge in [-0.2, -0.15) is 9.78 Å². The molecule has 0 atom stereocenters. The van der Waals surface area contributed by atoms with Crippen molar-refractivity contribution in [1.29, 1.82) is 0 Å². The van der Waals surface area contributed by atoms with Crippen molar-refractivity contribution in [2.24, 2.45) is 7.05 Å². The van der Waals surface area contributed by atoms with Gasteiger partial charge in [0, 0.05) is 7.05 Å². The van der Waals surface area contributed by atoms with Gasteiger partial charge in [0.2, 0.25) is 5.69 Å². The van der Waals surface area contributed by atoms with Gasteiger partial charge in [0.15, 0.2) is 0 Å². The van der Waals surface area contributed by atoms with E-state index in [2.05, 4.69) is 5.10 Å². The molecule has 18 heavy (non-hydrogen) atoms. The van der Waals surface area contributed by atoms with Gasteiger partial charge >= 0.3 is 11.7 Å². The van der Waals surface area contributed by atoms with Crippen LogP contribution in [0.2, 0.25) is 0 Å². The molecule has 0 aliphatic heterocycles. The minimum Gasteiger partial charge on any atom is -0.476 e. The predicted octanol–water partition coefficient (Wildman–Crippen LogP) is -0.371. The van der Waals surface area contributed by atoms with Crippen LogP contribution in [0.4, 0.5) is 0 Å². The SMILES string of the molecule is Cn1c(=O)c(C(=O)O)nn(-c2ccccc2)c1=O. The minimum absolute atomic E-state index is 0.389. The summed E-state index contributed by atoms with van der Waals surface area (Å²) in [5.41, 5.74) is -1.93. The first-order valence-corrected chi connectivity index (χ1v) is 5.01. The van der Waals surface area contributed by atoms with Crippen LogP contribution in [0.5, 0.6) is 0 Å². The van der Waals surface area contributed by atoms with Crippen molar-refractivity contribution in [3.8, 4) is 5.69 Å². The van der Waals surface area contributed by atoms with E-state index in [9.17, 15) is 14.4 Å². The average molecular weight is 247 g/mol. The van der Waals surface area contributed by atoms with Crippen LogP contribution in [-0.4, -0.2) is 25.4 Å². The lowest BCUT2D eigenvalue weighted by atomic mass is 10.3. The molecule has 0 spiro atoms. The zero-order valence-electron chi connectivity index (χ0n) is 9.40. The molecule has 0 amide bonds. The fourth-order valence-electron chi connectivity index (χ4n) is 1.44. The Bertz CT molecular complexity index is 715. The number of carboxylic acids is 1. The highest BCUT2D eigenvalue weighted by molar-refractivity contribution is 5.84. The molecule has 1 N–H and O–H groups in total. The van der Waals surface area contributed by atoms with E-state index in [1.807, 2.05) is 0 Å². The molecule has 2 rings (SSSR count). The van der Waals surface area contributed by atoms with Gasteiger partial charge in [-0.3, -0.25) is 9.36 Å². The fraction of sp³-hybridized carbons (Fsp3) is 0.0909. The van der Waals surface area contributed by atoms with Crippen LogP contribution >= 0.6 is 0 Å². The van der Waals surface area contributed by atoms with Crippen molar-refractivity contribution in [3.05, 3.63) is 56.9 Å². The number of rotatable bonds is 2. The normalized spacial score (nSPS) is 10.3. The first kappa shape index (κ1) is 11.8. The lowest BCUT2D eigenvalue weighted by molar-refractivity contribution is 0.0684. The number of nitrogens with zero attached hydrogens (tertiary/aromatic N) is 3. The van der Waals surface area contributed by atoms with Gasteiger partial charge in [-0.1, -0.05) is 18.2 Å². The molecule has 0 unspecified atom stereocenters. The monoisotopic (exact) mass is 247 g/mol. The molecule has 1 heterocycles. The summed E-state index contributed by atoms with van der Waals surface area (Å²) in [7, 11) is 1.21. The molecule has 7 nitrogen and oxygen atoms in total. The number of carbonyl (C=O) groups is 1. The Kier molecular flexibility index (Phi) is 2.80. The van der Waals surface area contributed by atoms with Crippen LogP contribution in [0.3, 0.4) is 0 Å². The molecule has 2 aromatic rings. The summed E-state index contributed by atoms with van der Waals surface area (Å²) in [6, 6.07) is 8.27. The highest BCUT2D eigenvalue weighted by Crippen LogP contribution is 2.01. The highest BCUT2D eigenvalue weighted by Gasteiger charge is 2.17. The smallest absolute Gasteiger partial charge is 0.362 e. The van der Waals surface area contributed by atoms with E-state index in [4.69, 9.17) is 5.11 Å². The Hall–Kier alpha value is -2.70. The molecule has 0 fully saturated rings. The first-order chi connectivity index (χ1) is 8.52. The molecule has 0 aliphatic carbocycles. The number of hydrogen-bond donors (Lipinski definition) is 1. The lowest BCUT2D eigenvalue weighted by Gasteiger charge is -2.06. The van der Waals surface area contributed by atoms with Gasteiger partial charge in [0.05, 0.1) is 5.69 Å². The quantitative estimate of drug-likeness (QED) is 0.781. The van der Waals surface area contributed by atoms with Gasteiger partial charge in [0.25, 0.3) is 5.56 Å². The van der Waals surface area contributed by atoms with Gasteiger partial charge in [0.1, 0.15) is 0 Å². The maximum Gasteiger partial charge on any atom is 0.362 e. The van der Waals surface area contributed by atoms with E-state index in [-0.39, 0.29) is 0 Å². The Morgan fingerprint density at radius 1 is 1.22 bits per heavy atom. The maximum absolute atomic E-state index is 11.8. The van der Waals surface area contributed by atoms with Gasteiger partial charge in [-0.25, -0.2) is 9.59 Å². The summed E-state index contributed by atoms with van der Waals surface area (Å²) < 4.78 is 1.59. The maximum atomic E-state index is 11.8. The fourth-order valence-corrected chi connectivity index (χ4v) is 1.44. The van der Waals surface area contributed by atoms with Crippen LogP contribution in [0.1, 0.15) is 10.5 Å². The van der Waals surface area contributed by atoms with E-state index in [1.165, 1.54) is 7.05 Å². The van der Waals surface area contributed by atoms with Crippen molar-refractivity contribution in [3.63, 3.8) is 0 Å². The number of aromatic carboxylic acids is 1. The molecule has 7 heteroatoms. The molecule has 1 aromatic carbocycles. The van der Waals surface area contributed by atoms with E-state index >= 15 is 0 Å². The van der Waals surface area contributed by atoms with Gasteiger partial charge < -0.3 is 5.11 Å². The second kappa shape index (κ2) is 4.28. The number of hydrogen-bond acceptors (Lipinski definition) is 4. The van der Waals surface area contributed by atoms with E-state index < -0.39 is 22.9 Å². The van der Waals surface area contributed by atoms with E-state index in [0.717, 1.165) is 4.68 Å². The third kappa shape index (κ3) is 1.81. The van der Waals surface area contributed by atoms with Crippen LogP contribution in [0, 0.1) is 0 Å². The second-order valence-electron chi connectivity index (χ2n) is 3.55. The van der Waals surface area contributed by atoms with Crippen molar-refractivity contribution < 1.29 is 9.90 Å². The minimum atomic E-state index is -1.47. The molecule has 0 saturated heterocycles. The van der Waals surface area contributed by atoms with E-state index in [0.29, 0.717) is 10.3 Å². The van der Waals surface area contributed by atoms with Crippen molar-refractivity contribution in [2.45, 2.75) is 0 Å². The standard InChI is InChI=1S/C11H9N3O4/c1-13-9(15)8(10(16)17)12-14(11(13)18)7-5-3-2-4-6-7/h2-6H,1H3,(H,16,17). The van der Waals surface area contributed by atoms with Crippen molar-refractivity contribution in [2.75, 3.05) is 0 Å². The molecule has 0 radical (unpaired) electrons. The Balaban J connectivity index is 2.82. The average Bonchev–Trinajstić information content (AvgIpc) is 2.37. The zero-order valence-corrected chi connectivity index (χ0v) is 9.40. The molecule has 1 aromatic heterocycles.